The Balaban J connectivity index is 1.32. The molecule has 0 unspecified atom stereocenters. The molecule has 1 fully saturated rings. The van der Waals surface area contributed by atoms with Crippen molar-refractivity contribution in [1.29, 1.82) is 10.9 Å². The van der Waals surface area contributed by atoms with Crippen LogP contribution in [0.4, 0.5) is 16.0 Å². The number of aryl methyl sites for hydroxylation is 1. The van der Waals surface area contributed by atoms with Crippen molar-refractivity contribution >= 4 is 29.1 Å². The van der Waals surface area contributed by atoms with Gasteiger partial charge in [0, 0.05) is 43.0 Å². The highest BCUT2D eigenvalue weighted by Crippen LogP contribution is 2.33. The Morgan fingerprint density at radius 2 is 1.94 bits per heavy atom. The number of rotatable bonds is 7. The van der Waals surface area contributed by atoms with Gasteiger partial charge in [0.15, 0.2) is 11.5 Å². The molecule has 0 saturated carbocycles. The molecule has 5 rings (SSSR count). The molecule has 0 atom stereocenters. The number of hydrogen-bond acceptors (Lipinski definition) is 8. The van der Waals surface area contributed by atoms with Gasteiger partial charge in [0.2, 0.25) is 5.95 Å². The Morgan fingerprint density at radius 3 is 2.60 bits per heavy atom. The molecule has 1 aliphatic heterocycles. The summed E-state index contributed by atoms with van der Waals surface area (Å²) in [5.41, 5.74) is 10.9. The molecule has 3 heterocycles. The third-order valence-corrected chi connectivity index (χ3v) is 6.39. The topological polar surface area (TPSA) is 118 Å². The number of benzene rings is 2. The highest BCUT2D eigenvalue weighted by molar-refractivity contribution is 5.82. The third kappa shape index (κ3) is 4.46. The van der Waals surface area contributed by atoms with Crippen molar-refractivity contribution in [1.82, 2.24) is 15.0 Å². The molecule has 0 amide bonds. The summed E-state index contributed by atoms with van der Waals surface area (Å²) in [5.74, 6) is 1.20. The Kier molecular flexibility index (Phi) is 6.17. The molecule has 2 aromatic carbocycles. The van der Waals surface area contributed by atoms with E-state index in [9.17, 15) is 4.39 Å². The molecule has 0 radical (unpaired) electrons. The largest absolute Gasteiger partial charge is 0.440 e. The first-order chi connectivity index (χ1) is 17.1. The van der Waals surface area contributed by atoms with Crippen molar-refractivity contribution in [2.45, 2.75) is 32.1 Å². The number of halogens is 1. The fraction of sp³-hybridized carbons (Fsp3) is 0.280. The number of nitrogens with one attached hydrogen (secondary N) is 2. The van der Waals surface area contributed by atoms with Gasteiger partial charge in [-0.15, -0.1) is 0 Å². The Morgan fingerprint density at radius 1 is 1.17 bits per heavy atom. The molecule has 178 valence electrons. The summed E-state index contributed by atoms with van der Waals surface area (Å²) >= 11 is 0. The predicted octanol–water partition coefficient (Wildman–Crippen LogP) is 5.73. The summed E-state index contributed by atoms with van der Waals surface area (Å²) in [6.45, 7) is 3.74. The van der Waals surface area contributed by atoms with Gasteiger partial charge in [0.05, 0.1) is 5.69 Å². The molecule has 0 bridgehead atoms. The summed E-state index contributed by atoms with van der Waals surface area (Å²) < 4.78 is 20.9. The van der Waals surface area contributed by atoms with Gasteiger partial charge in [-0.25, -0.2) is 24.4 Å². The second kappa shape index (κ2) is 9.57. The summed E-state index contributed by atoms with van der Waals surface area (Å²) in [6.07, 6.45) is 7.32. The van der Waals surface area contributed by atoms with Crippen LogP contribution in [0.2, 0.25) is 0 Å². The van der Waals surface area contributed by atoms with Gasteiger partial charge in [-0.3, -0.25) is 5.41 Å². The van der Waals surface area contributed by atoms with E-state index in [-0.39, 0.29) is 5.92 Å². The maximum Gasteiger partial charge on any atom is 0.225 e. The smallest absolute Gasteiger partial charge is 0.225 e. The van der Waals surface area contributed by atoms with E-state index in [0.717, 1.165) is 55.2 Å². The van der Waals surface area contributed by atoms with Crippen molar-refractivity contribution < 1.29 is 8.81 Å². The van der Waals surface area contributed by atoms with Crippen LogP contribution in [0.25, 0.3) is 22.2 Å². The number of aromatic nitrogens is 3. The minimum atomic E-state index is -0.470. The van der Waals surface area contributed by atoms with Crippen LogP contribution in [0.1, 0.15) is 37.1 Å². The zero-order chi connectivity index (χ0) is 24.4. The number of nitrogens with zero attached hydrogens (tertiary/aromatic N) is 6. The van der Waals surface area contributed by atoms with Gasteiger partial charge in [-0.2, -0.15) is 5.53 Å². The van der Waals surface area contributed by atoms with Crippen LogP contribution in [-0.2, 0) is 6.42 Å². The molecule has 1 aliphatic rings. The molecular formula is C25H25FN8O. The second-order valence-electron chi connectivity index (χ2n) is 8.48. The zero-order valence-corrected chi connectivity index (χ0v) is 19.3. The van der Waals surface area contributed by atoms with E-state index in [1.807, 2.05) is 24.5 Å². The summed E-state index contributed by atoms with van der Waals surface area (Å²) in [7, 11) is 0. The Bertz CT molecular complexity index is 1350. The molecular weight excluding hydrogens is 447 g/mol. The van der Waals surface area contributed by atoms with Crippen LogP contribution >= 0.6 is 0 Å². The summed E-state index contributed by atoms with van der Waals surface area (Å²) in [5, 5.41) is 11.4. The highest BCUT2D eigenvalue weighted by atomic mass is 19.1. The first-order valence-corrected chi connectivity index (χ1v) is 11.5. The Hall–Kier alpha value is -4.21. The van der Waals surface area contributed by atoms with E-state index in [1.54, 1.807) is 18.2 Å². The van der Waals surface area contributed by atoms with Crippen LogP contribution in [0.15, 0.2) is 58.4 Å². The van der Waals surface area contributed by atoms with E-state index in [1.165, 1.54) is 6.07 Å². The molecule has 10 heteroatoms. The van der Waals surface area contributed by atoms with Crippen LogP contribution < -0.4 is 9.91 Å². The van der Waals surface area contributed by atoms with Gasteiger partial charge in [0.25, 0.3) is 0 Å². The van der Waals surface area contributed by atoms with Crippen molar-refractivity contribution in [3.05, 3.63) is 66.1 Å². The molecule has 0 aliphatic carbocycles. The second-order valence-corrected chi connectivity index (χ2v) is 8.48. The van der Waals surface area contributed by atoms with Crippen molar-refractivity contribution in [2.75, 3.05) is 23.0 Å². The minimum absolute atomic E-state index is 0.203. The fourth-order valence-electron chi connectivity index (χ4n) is 4.35. The van der Waals surface area contributed by atoms with Gasteiger partial charge < -0.3 is 9.32 Å². The lowest BCUT2D eigenvalue weighted by Crippen LogP contribution is -2.34. The average Bonchev–Trinajstić information content (AvgIpc) is 3.33. The molecule has 2 N–H and O–H groups in total. The van der Waals surface area contributed by atoms with Crippen LogP contribution in [0.5, 0.6) is 0 Å². The van der Waals surface area contributed by atoms with Crippen LogP contribution in [-0.4, -0.2) is 34.4 Å². The Labute approximate surface area is 201 Å². The molecule has 2 aromatic heterocycles. The first-order valence-electron chi connectivity index (χ1n) is 11.5. The maximum atomic E-state index is 14.8. The first kappa shape index (κ1) is 22.6. The zero-order valence-electron chi connectivity index (χ0n) is 19.3. The monoisotopic (exact) mass is 472 g/mol. The maximum absolute atomic E-state index is 14.8. The van der Waals surface area contributed by atoms with E-state index in [2.05, 4.69) is 27.0 Å². The fourth-order valence-corrected chi connectivity index (χ4v) is 4.35. The third-order valence-electron chi connectivity index (χ3n) is 6.39. The molecule has 4 aromatic rings. The summed E-state index contributed by atoms with van der Waals surface area (Å²) in [6, 6.07) is 9.92. The number of anilines is 2. The number of piperidine rings is 1. The molecule has 1 saturated heterocycles. The van der Waals surface area contributed by atoms with E-state index >= 15 is 0 Å². The van der Waals surface area contributed by atoms with Crippen molar-refractivity contribution in [3.63, 3.8) is 0 Å². The minimum Gasteiger partial charge on any atom is -0.440 e. The lowest BCUT2D eigenvalue weighted by Gasteiger charge is -2.30. The average molecular weight is 473 g/mol. The van der Waals surface area contributed by atoms with Crippen molar-refractivity contribution in [3.8, 4) is 11.1 Å². The van der Waals surface area contributed by atoms with E-state index in [0.29, 0.717) is 33.8 Å². The van der Waals surface area contributed by atoms with E-state index in [4.69, 9.17) is 20.3 Å². The molecule has 0 spiro atoms. The van der Waals surface area contributed by atoms with Crippen LogP contribution in [0.3, 0.4) is 0 Å². The normalized spacial score (nSPS) is 14.3. The number of hydrogen-bond donors (Lipinski definition) is 2. The lowest BCUT2D eigenvalue weighted by molar-refractivity contribution is 0.405. The highest BCUT2D eigenvalue weighted by Gasteiger charge is 2.26. The predicted molar refractivity (Wildman–Crippen MR) is 131 cm³/mol. The standard InChI is InChI=1S/C25H25FN8O/c1-2-16-13-29-25(30-14-16)33-9-7-17(8-10-33)24-31-22-11-18(3-6-23(22)35-24)20-5-4-19(12-21(20)26)34(15-27)32-28/h3-6,11-15,17,27-28H,2,7-10H2,1H3. The molecule has 9 nitrogen and oxygen atoms in total. The van der Waals surface area contributed by atoms with Gasteiger partial charge in [0.1, 0.15) is 17.7 Å². The SMILES string of the molecule is CCc1cnc(N2CCC(c3nc4cc(-c5ccc(N(C=N)N=N)cc5F)ccc4o3)CC2)nc1. The summed E-state index contributed by atoms with van der Waals surface area (Å²) in [4.78, 5) is 15.9. The van der Waals surface area contributed by atoms with Gasteiger partial charge in [-0.1, -0.05) is 18.2 Å². The van der Waals surface area contributed by atoms with Gasteiger partial charge >= 0.3 is 0 Å². The quantitative estimate of drug-likeness (QED) is 0.153. The van der Waals surface area contributed by atoms with Crippen LogP contribution in [0, 0.1) is 16.8 Å². The lowest BCUT2D eigenvalue weighted by atomic mass is 9.97. The van der Waals surface area contributed by atoms with Crippen molar-refractivity contribution in [2.24, 2.45) is 5.22 Å². The number of oxazole rings is 1. The van der Waals surface area contributed by atoms with E-state index < -0.39 is 5.82 Å². The molecule has 35 heavy (non-hydrogen) atoms. The number of fused-ring (bicyclic) bond motifs is 1. The van der Waals surface area contributed by atoms with Gasteiger partial charge in [-0.05, 0) is 54.7 Å².